The van der Waals surface area contributed by atoms with Gasteiger partial charge < -0.3 is 25.3 Å². The van der Waals surface area contributed by atoms with Gasteiger partial charge >= 0.3 is 0 Å². The maximum absolute atomic E-state index is 13.8. The molecule has 268 valence electrons. The second kappa shape index (κ2) is 19.2. The number of anilines is 1. The van der Waals surface area contributed by atoms with Crippen molar-refractivity contribution in [1.82, 2.24) is 15.1 Å². The summed E-state index contributed by atoms with van der Waals surface area (Å²) in [5.41, 5.74) is 2.22. The highest BCUT2D eigenvalue weighted by Gasteiger charge is 2.36. The van der Waals surface area contributed by atoms with Crippen LogP contribution in [0.3, 0.4) is 0 Å². The number of nitrogens with one attached hydrogen (secondary N) is 2. The molecule has 0 aliphatic carbocycles. The number of rotatable bonds is 18. The van der Waals surface area contributed by atoms with Crippen LogP contribution >= 0.6 is 7.37 Å². The van der Waals surface area contributed by atoms with Gasteiger partial charge in [-0.2, -0.15) is 0 Å². The molecular weight excluding hydrogens is 651 g/mol. The third-order valence-corrected chi connectivity index (χ3v) is 10.6. The van der Waals surface area contributed by atoms with Gasteiger partial charge in [-0.15, -0.1) is 0 Å². The summed E-state index contributed by atoms with van der Waals surface area (Å²) in [5, 5.41) is 5.79. The van der Waals surface area contributed by atoms with Gasteiger partial charge in [0.25, 0.3) is 5.91 Å². The Hall–Kier alpha value is -4.27. The van der Waals surface area contributed by atoms with E-state index in [1.807, 2.05) is 56.3 Å². The molecule has 4 amide bonds. The Morgan fingerprint density at radius 1 is 0.900 bits per heavy atom. The average Bonchev–Trinajstić information content (AvgIpc) is 3.61. The lowest BCUT2D eigenvalue weighted by Gasteiger charge is -2.33. The number of carbonyl (C=O) groups excluding carboxylic acids is 4. The number of carbonyl (C=O) groups is 4. The molecule has 3 aromatic carbocycles. The predicted octanol–water partition coefficient (Wildman–Crippen LogP) is 6.32. The first-order valence-electron chi connectivity index (χ1n) is 17.7. The van der Waals surface area contributed by atoms with Crippen molar-refractivity contribution in [2.45, 2.75) is 77.3 Å². The quantitative estimate of drug-likeness (QED) is 0.105. The Morgan fingerprint density at radius 3 is 2.20 bits per heavy atom. The second-order valence-corrected chi connectivity index (χ2v) is 15.9. The van der Waals surface area contributed by atoms with Gasteiger partial charge in [-0.25, -0.2) is 0 Å². The smallest absolute Gasteiger partial charge is 0.254 e. The molecule has 3 N–H and O–H groups in total. The lowest BCUT2D eigenvalue weighted by Crippen LogP contribution is -2.48. The van der Waals surface area contributed by atoms with Crippen molar-refractivity contribution in [3.8, 4) is 0 Å². The molecule has 0 radical (unpaired) electrons. The third-order valence-electron chi connectivity index (χ3n) is 8.88. The standard InChI is InChI=1S/C39H51N4O6P/c1-30(2)28-35(38(46)41-33-21-10-5-11-22-33)43(36(44)24-14-18-31-16-6-3-7-17-31)29-50(48,49)27-13-12-25-40-37(45)34-23-15-26-42(34)39(47)32-19-8-4-9-20-32/h3-11,16-17,19-22,30,34-35H,12-15,18,23-29H2,1-2H3,(H,40,45)(H,41,46)(H,48,49)/t34-,35-/m0/s1. The van der Waals surface area contributed by atoms with Crippen LogP contribution in [0.25, 0.3) is 0 Å². The fourth-order valence-electron chi connectivity index (χ4n) is 6.30. The van der Waals surface area contributed by atoms with E-state index in [0.29, 0.717) is 62.9 Å². The number of likely N-dealkylation sites (tertiary alicyclic amines) is 1. The zero-order valence-electron chi connectivity index (χ0n) is 29.2. The van der Waals surface area contributed by atoms with E-state index < -0.39 is 31.6 Å². The number of amides is 4. The number of hydrogen-bond donors (Lipinski definition) is 3. The van der Waals surface area contributed by atoms with Crippen LogP contribution in [0, 0.1) is 5.92 Å². The minimum Gasteiger partial charge on any atom is -0.354 e. The lowest BCUT2D eigenvalue weighted by molar-refractivity contribution is -0.138. The fraction of sp³-hybridized carbons (Fsp3) is 0.436. The predicted molar refractivity (Wildman–Crippen MR) is 197 cm³/mol. The zero-order chi connectivity index (χ0) is 35.9. The van der Waals surface area contributed by atoms with E-state index in [2.05, 4.69) is 10.6 Å². The molecule has 3 atom stereocenters. The van der Waals surface area contributed by atoms with Gasteiger partial charge in [-0.05, 0) is 80.7 Å². The minimum atomic E-state index is -3.89. The number of nitrogens with zero attached hydrogens (tertiary/aromatic N) is 2. The molecule has 4 rings (SSSR count). The van der Waals surface area contributed by atoms with Gasteiger partial charge in [0, 0.05) is 36.9 Å². The Kier molecular flexibility index (Phi) is 14.8. The van der Waals surface area contributed by atoms with Gasteiger partial charge in [0.05, 0.1) is 6.29 Å². The van der Waals surface area contributed by atoms with Crippen molar-refractivity contribution in [3.05, 3.63) is 102 Å². The van der Waals surface area contributed by atoms with E-state index >= 15 is 0 Å². The summed E-state index contributed by atoms with van der Waals surface area (Å²) in [4.78, 5) is 67.5. The molecule has 0 bridgehead atoms. The largest absolute Gasteiger partial charge is 0.354 e. The Morgan fingerprint density at radius 2 is 1.54 bits per heavy atom. The van der Waals surface area contributed by atoms with Crippen LogP contribution in [0.4, 0.5) is 5.69 Å². The van der Waals surface area contributed by atoms with Crippen molar-refractivity contribution in [3.63, 3.8) is 0 Å². The first-order valence-corrected chi connectivity index (χ1v) is 19.7. The Labute approximate surface area is 296 Å². The van der Waals surface area contributed by atoms with Crippen LogP contribution in [0.1, 0.15) is 74.7 Å². The molecule has 1 saturated heterocycles. The van der Waals surface area contributed by atoms with Gasteiger partial charge in [0.15, 0.2) is 0 Å². The summed E-state index contributed by atoms with van der Waals surface area (Å²) in [7, 11) is -3.89. The maximum Gasteiger partial charge on any atom is 0.254 e. The Bertz CT molecular complexity index is 1590. The molecular formula is C39H51N4O6P. The summed E-state index contributed by atoms with van der Waals surface area (Å²) in [6.07, 6.45) is 3.31. The van der Waals surface area contributed by atoms with Crippen molar-refractivity contribution in [1.29, 1.82) is 0 Å². The minimum absolute atomic E-state index is 0.0432. The zero-order valence-corrected chi connectivity index (χ0v) is 30.1. The number of hydrogen-bond acceptors (Lipinski definition) is 5. The summed E-state index contributed by atoms with van der Waals surface area (Å²) in [6, 6.07) is 26.2. The molecule has 0 saturated carbocycles. The van der Waals surface area contributed by atoms with Gasteiger partial charge in [-0.1, -0.05) is 80.6 Å². The van der Waals surface area contributed by atoms with E-state index in [1.165, 1.54) is 4.90 Å². The highest BCUT2D eigenvalue weighted by Crippen LogP contribution is 2.43. The highest BCUT2D eigenvalue weighted by atomic mass is 31.2. The van der Waals surface area contributed by atoms with E-state index in [9.17, 15) is 28.6 Å². The van der Waals surface area contributed by atoms with Crippen LogP contribution in [0.5, 0.6) is 0 Å². The molecule has 1 unspecified atom stereocenters. The topological polar surface area (TPSA) is 136 Å². The Balaban J connectivity index is 1.35. The summed E-state index contributed by atoms with van der Waals surface area (Å²) in [6.45, 7) is 4.72. The van der Waals surface area contributed by atoms with Crippen LogP contribution in [0.2, 0.25) is 0 Å². The second-order valence-electron chi connectivity index (χ2n) is 13.4. The van der Waals surface area contributed by atoms with Crippen molar-refractivity contribution in [2.75, 3.05) is 30.9 Å². The molecule has 11 heteroatoms. The SMILES string of the molecule is CC(C)C[C@@H](C(=O)Nc1ccccc1)N(CP(=O)(O)CCCCNC(=O)[C@@H]1CCCN1C(=O)c1ccccc1)C(=O)CCCc1ccccc1. The number of unbranched alkanes of at least 4 members (excludes halogenated alkanes) is 1. The van der Waals surface area contributed by atoms with Gasteiger partial charge in [0.1, 0.15) is 12.1 Å². The fourth-order valence-corrected chi connectivity index (χ4v) is 7.99. The molecule has 1 aliphatic rings. The number of para-hydroxylation sites is 1. The van der Waals surface area contributed by atoms with Crippen molar-refractivity contribution >= 4 is 36.7 Å². The average molecular weight is 703 g/mol. The summed E-state index contributed by atoms with van der Waals surface area (Å²) in [5.74, 6) is -1.08. The van der Waals surface area contributed by atoms with E-state index in [4.69, 9.17) is 0 Å². The third kappa shape index (κ3) is 12.0. The molecule has 0 aromatic heterocycles. The monoisotopic (exact) mass is 702 g/mol. The van der Waals surface area contributed by atoms with Crippen molar-refractivity contribution in [2.24, 2.45) is 5.92 Å². The van der Waals surface area contributed by atoms with Crippen LogP contribution in [-0.4, -0.2) is 75.9 Å². The normalized spacial score (nSPS) is 16.0. The molecule has 1 fully saturated rings. The van der Waals surface area contributed by atoms with Gasteiger partial charge in [-0.3, -0.25) is 23.7 Å². The molecule has 3 aromatic rings. The van der Waals surface area contributed by atoms with Crippen LogP contribution in [-0.2, 0) is 25.4 Å². The van der Waals surface area contributed by atoms with Crippen LogP contribution in [0.15, 0.2) is 91.0 Å². The number of benzene rings is 3. The molecule has 10 nitrogen and oxygen atoms in total. The summed E-state index contributed by atoms with van der Waals surface area (Å²) < 4.78 is 13.7. The van der Waals surface area contributed by atoms with Gasteiger partial charge in [0.2, 0.25) is 25.1 Å². The molecule has 1 aliphatic heterocycles. The van der Waals surface area contributed by atoms with E-state index in [1.54, 1.807) is 53.4 Å². The van der Waals surface area contributed by atoms with Crippen LogP contribution < -0.4 is 10.6 Å². The number of aryl methyl sites for hydroxylation is 1. The van der Waals surface area contributed by atoms with E-state index in [-0.39, 0.29) is 36.2 Å². The molecule has 50 heavy (non-hydrogen) atoms. The highest BCUT2D eigenvalue weighted by molar-refractivity contribution is 7.57. The lowest BCUT2D eigenvalue weighted by atomic mass is 10.0. The van der Waals surface area contributed by atoms with Crippen molar-refractivity contribution < 1.29 is 28.6 Å². The van der Waals surface area contributed by atoms with E-state index in [0.717, 1.165) is 12.0 Å². The molecule has 0 spiro atoms. The summed E-state index contributed by atoms with van der Waals surface area (Å²) >= 11 is 0. The molecule has 1 heterocycles. The maximum atomic E-state index is 13.8. The first-order chi connectivity index (χ1) is 24.0. The first kappa shape index (κ1) is 38.5.